The molecular formula is C18H26ClNO4S. The molecule has 25 heavy (non-hydrogen) atoms. The molecule has 0 spiro atoms. The van der Waals surface area contributed by atoms with Gasteiger partial charge >= 0.3 is 5.97 Å². The molecule has 1 aromatic carbocycles. The molecule has 0 bridgehead atoms. The van der Waals surface area contributed by atoms with Gasteiger partial charge in [0.25, 0.3) is 9.05 Å². The van der Waals surface area contributed by atoms with Crippen molar-refractivity contribution in [3.63, 3.8) is 0 Å². The number of aryl methyl sites for hydroxylation is 1. The van der Waals surface area contributed by atoms with E-state index in [1.165, 1.54) is 0 Å². The highest BCUT2D eigenvalue weighted by atomic mass is 35.7. The molecule has 0 aromatic heterocycles. The summed E-state index contributed by atoms with van der Waals surface area (Å²) >= 11 is 0. The monoisotopic (exact) mass is 387 g/mol. The summed E-state index contributed by atoms with van der Waals surface area (Å²) < 4.78 is 28.9. The fourth-order valence-electron chi connectivity index (χ4n) is 3.38. The van der Waals surface area contributed by atoms with Crippen LogP contribution in [0.1, 0.15) is 44.7 Å². The summed E-state index contributed by atoms with van der Waals surface area (Å²) in [7, 11) is 1.78. The lowest BCUT2D eigenvalue weighted by molar-refractivity contribution is -0.143. The van der Waals surface area contributed by atoms with Gasteiger partial charge in [-0.2, -0.15) is 0 Å². The van der Waals surface area contributed by atoms with Crippen molar-refractivity contribution >= 4 is 31.4 Å². The highest BCUT2D eigenvalue weighted by Crippen LogP contribution is 2.36. The van der Waals surface area contributed by atoms with Crippen LogP contribution in [0.2, 0.25) is 0 Å². The van der Waals surface area contributed by atoms with Crippen LogP contribution < -0.4 is 5.32 Å². The van der Waals surface area contributed by atoms with Crippen LogP contribution in [0.15, 0.2) is 17.0 Å². The first kappa shape index (κ1) is 20.0. The molecule has 7 heteroatoms. The van der Waals surface area contributed by atoms with Gasteiger partial charge in [-0.3, -0.25) is 4.79 Å². The SMILES string of the molecule is CCOC(=O)CCc1cc2c(c(S(=O)(=O)Cl)c1)NCC(CC(C)C)C2. The molecule has 1 unspecified atom stereocenters. The topological polar surface area (TPSA) is 72.5 Å². The van der Waals surface area contributed by atoms with Crippen LogP contribution in [0.5, 0.6) is 0 Å². The van der Waals surface area contributed by atoms with Gasteiger partial charge < -0.3 is 10.1 Å². The third-order valence-corrected chi connectivity index (χ3v) is 5.66. The average molecular weight is 388 g/mol. The Morgan fingerprint density at radius 2 is 2.12 bits per heavy atom. The summed E-state index contributed by atoms with van der Waals surface area (Å²) in [5, 5.41) is 3.25. The zero-order valence-corrected chi connectivity index (χ0v) is 16.5. The number of fused-ring (bicyclic) bond motifs is 1. The fourth-order valence-corrected chi connectivity index (χ4v) is 4.48. The first-order chi connectivity index (χ1) is 11.7. The van der Waals surface area contributed by atoms with Gasteiger partial charge in [0.15, 0.2) is 0 Å². The molecule has 1 atom stereocenters. The van der Waals surface area contributed by atoms with Gasteiger partial charge in [0.1, 0.15) is 4.90 Å². The van der Waals surface area contributed by atoms with Crippen molar-refractivity contribution in [2.75, 3.05) is 18.5 Å². The summed E-state index contributed by atoms with van der Waals surface area (Å²) in [6.45, 7) is 7.20. The average Bonchev–Trinajstić information content (AvgIpc) is 2.50. The lowest BCUT2D eigenvalue weighted by Crippen LogP contribution is -2.25. The summed E-state index contributed by atoms with van der Waals surface area (Å²) in [5.74, 6) is 0.751. The second-order valence-corrected chi connectivity index (χ2v) is 9.49. The molecule has 0 saturated carbocycles. The first-order valence-electron chi connectivity index (χ1n) is 8.70. The van der Waals surface area contributed by atoms with Gasteiger partial charge in [0, 0.05) is 23.6 Å². The Hall–Kier alpha value is -1.27. The summed E-state index contributed by atoms with van der Waals surface area (Å²) in [6.07, 6.45) is 2.53. The zero-order valence-electron chi connectivity index (χ0n) is 15.0. The Morgan fingerprint density at radius 1 is 1.40 bits per heavy atom. The second kappa shape index (κ2) is 8.41. The van der Waals surface area contributed by atoms with Crippen molar-refractivity contribution in [2.45, 2.75) is 51.3 Å². The predicted molar refractivity (Wildman–Crippen MR) is 99.6 cm³/mol. The lowest BCUT2D eigenvalue weighted by Gasteiger charge is -2.29. The minimum Gasteiger partial charge on any atom is -0.466 e. The number of anilines is 1. The molecule has 0 amide bonds. The van der Waals surface area contributed by atoms with Gasteiger partial charge in [-0.1, -0.05) is 19.9 Å². The van der Waals surface area contributed by atoms with E-state index in [0.717, 1.165) is 30.5 Å². The van der Waals surface area contributed by atoms with Crippen LogP contribution >= 0.6 is 10.7 Å². The molecule has 0 aliphatic carbocycles. The van der Waals surface area contributed by atoms with Crippen LogP contribution in [0.25, 0.3) is 0 Å². The van der Waals surface area contributed by atoms with Crippen molar-refractivity contribution in [3.05, 3.63) is 23.3 Å². The number of esters is 1. The number of nitrogens with one attached hydrogen (secondary N) is 1. The Morgan fingerprint density at radius 3 is 2.72 bits per heavy atom. The van der Waals surface area contributed by atoms with Crippen LogP contribution in [0, 0.1) is 11.8 Å². The minimum absolute atomic E-state index is 0.105. The molecule has 5 nitrogen and oxygen atoms in total. The summed E-state index contributed by atoms with van der Waals surface area (Å²) in [6, 6.07) is 3.55. The van der Waals surface area contributed by atoms with E-state index in [2.05, 4.69) is 19.2 Å². The molecule has 1 aromatic rings. The Labute approximate surface area is 154 Å². The number of halogens is 1. The standard InChI is InChI=1S/C18H26ClNO4S/c1-4-24-17(21)6-5-13-8-15-9-14(7-12(2)3)11-20-18(15)16(10-13)25(19,22)23/h8,10,12,14,20H,4-7,9,11H2,1-3H3. The number of benzene rings is 1. The number of hydrogen-bond acceptors (Lipinski definition) is 5. The molecule has 0 radical (unpaired) electrons. The maximum absolute atomic E-state index is 12.0. The summed E-state index contributed by atoms with van der Waals surface area (Å²) in [5.41, 5.74) is 2.35. The van der Waals surface area contributed by atoms with Gasteiger partial charge in [-0.25, -0.2) is 8.42 Å². The van der Waals surface area contributed by atoms with E-state index in [0.29, 0.717) is 30.6 Å². The van der Waals surface area contributed by atoms with Crippen molar-refractivity contribution in [1.29, 1.82) is 0 Å². The number of carbonyl (C=O) groups is 1. The minimum atomic E-state index is -3.86. The van der Waals surface area contributed by atoms with Crippen molar-refractivity contribution in [1.82, 2.24) is 0 Å². The highest BCUT2D eigenvalue weighted by molar-refractivity contribution is 8.13. The number of rotatable bonds is 7. The van der Waals surface area contributed by atoms with E-state index in [-0.39, 0.29) is 17.3 Å². The van der Waals surface area contributed by atoms with E-state index >= 15 is 0 Å². The quantitative estimate of drug-likeness (QED) is 0.570. The van der Waals surface area contributed by atoms with E-state index in [1.54, 1.807) is 13.0 Å². The zero-order chi connectivity index (χ0) is 18.6. The fraction of sp³-hybridized carbons (Fsp3) is 0.611. The molecule has 140 valence electrons. The third kappa shape index (κ3) is 5.61. The maximum atomic E-state index is 12.0. The molecule has 1 N–H and O–H groups in total. The predicted octanol–water partition coefficient (Wildman–Crippen LogP) is 3.74. The van der Waals surface area contributed by atoms with Gasteiger partial charge in [-0.15, -0.1) is 0 Å². The van der Waals surface area contributed by atoms with E-state index in [9.17, 15) is 13.2 Å². The van der Waals surface area contributed by atoms with E-state index < -0.39 is 9.05 Å². The number of hydrogen-bond donors (Lipinski definition) is 1. The third-order valence-electron chi connectivity index (χ3n) is 4.31. The Balaban J connectivity index is 2.29. The van der Waals surface area contributed by atoms with Gasteiger partial charge in [-0.05, 0) is 55.2 Å². The first-order valence-corrected chi connectivity index (χ1v) is 11.0. The van der Waals surface area contributed by atoms with Gasteiger partial charge in [0.2, 0.25) is 0 Å². The van der Waals surface area contributed by atoms with Crippen LogP contribution in [-0.4, -0.2) is 27.5 Å². The lowest BCUT2D eigenvalue weighted by atomic mass is 9.86. The van der Waals surface area contributed by atoms with E-state index in [1.807, 2.05) is 6.07 Å². The van der Waals surface area contributed by atoms with Crippen molar-refractivity contribution < 1.29 is 17.9 Å². The smallest absolute Gasteiger partial charge is 0.306 e. The molecule has 1 aliphatic rings. The molecule has 0 saturated heterocycles. The van der Waals surface area contributed by atoms with Gasteiger partial charge in [0.05, 0.1) is 12.3 Å². The van der Waals surface area contributed by atoms with Crippen molar-refractivity contribution in [3.8, 4) is 0 Å². The summed E-state index contributed by atoms with van der Waals surface area (Å²) in [4.78, 5) is 11.7. The Bertz CT molecular complexity index is 731. The molecule has 0 fully saturated rings. The van der Waals surface area contributed by atoms with Crippen LogP contribution in [-0.2, 0) is 31.4 Å². The van der Waals surface area contributed by atoms with Crippen LogP contribution in [0.4, 0.5) is 5.69 Å². The molecule has 1 aliphatic heterocycles. The number of carbonyl (C=O) groups excluding carboxylic acids is 1. The normalized spacial score (nSPS) is 17.1. The Kier molecular flexibility index (Phi) is 6.74. The molecular weight excluding hydrogens is 362 g/mol. The largest absolute Gasteiger partial charge is 0.466 e. The van der Waals surface area contributed by atoms with Crippen LogP contribution in [0.3, 0.4) is 0 Å². The maximum Gasteiger partial charge on any atom is 0.306 e. The second-order valence-electron chi connectivity index (χ2n) is 6.95. The molecule has 2 rings (SSSR count). The highest BCUT2D eigenvalue weighted by Gasteiger charge is 2.26. The molecule has 1 heterocycles. The number of ether oxygens (including phenoxy) is 1. The van der Waals surface area contributed by atoms with E-state index in [4.69, 9.17) is 15.4 Å². The van der Waals surface area contributed by atoms with Crippen molar-refractivity contribution in [2.24, 2.45) is 11.8 Å².